The van der Waals surface area contributed by atoms with E-state index < -0.39 is 11.8 Å². The minimum atomic E-state index is -0.855. The molecule has 0 radical (unpaired) electrons. The van der Waals surface area contributed by atoms with E-state index >= 15 is 0 Å². The third-order valence-electron chi connectivity index (χ3n) is 4.37. The number of piperazine rings is 1. The van der Waals surface area contributed by atoms with Crippen LogP contribution in [0.2, 0.25) is 0 Å². The van der Waals surface area contributed by atoms with E-state index in [1.165, 1.54) is 6.07 Å². The molecule has 1 aromatic rings. The molecule has 0 spiro atoms. The SMILES string of the molecule is Cc1ccc(C(=O)N2CCN(C(=O)CCCCC(=O)O)CC2)cc1F. The van der Waals surface area contributed by atoms with Crippen molar-refractivity contribution in [1.82, 2.24) is 9.80 Å². The van der Waals surface area contributed by atoms with Crippen LogP contribution in [0.15, 0.2) is 18.2 Å². The van der Waals surface area contributed by atoms with Gasteiger partial charge in [0.1, 0.15) is 5.82 Å². The number of aliphatic carboxylic acids is 1. The van der Waals surface area contributed by atoms with Gasteiger partial charge in [-0.2, -0.15) is 0 Å². The Bertz CT molecular complexity index is 654. The standard InChI is InChI=1S/C18H23FN2O4/c1-13-6-7-14(12-15(13)19)18(25)21-10-8-20(9-11-21)16(22)4-2-3-5-17(23)24/h6-7,12H,2-5,8-11H2,1H3,(H,23,24). The summed E-state index contributed by atoms with van der Waals surface area (Å²) in [5.41, 5.74) is 0.811. The predicted octanol–water partition coefficient (Wildman–Crippen LogP) is 2.06. The van der Waals surface area contributed by atoms with Crippen LogP contribution < -0.4 is 0 Å². The summed E-state index contributed by atoms with van der Waals surface area (Å²) in [7, 11) is 0. The molecule has 1 aliphatic rings. The highest BCUT2D eigenvalue weighted by molar-refractivity contribution is 5.94. The number of carboxylic acid groups (broad SMARTS) is 1. The molecule has 1 saturated heterocycles. The zero-order valence-corrected chi connectivity index (χ0v) is 14.3. The zero-order valence-electron chi connectivity index (χ0n) is 14.3. The van der Waals surface area contributed by atoms with Crippen molar-refractivity contribution in [3.63, 3.8) is 0 Å². The molecule has 1 aromatic carbocycles. The first-order valence-corrected chi connectivity index (χ1v) is 8.43. The highest BCUT2D eigenvalue weighted by Crippen LogP contribution is 2.14. The first-order valence-electron chi connectivity index (χ1n) is 8.43. The first kappa shape index (κ1) is 18.9. The number of aryl methyl sites for hydroxylation is 1. The highest BCUT2D eigenvalue weighted by Gasteiger charge is 2.24. The van der Waals surface area contributed by atoms with E-state index in [2.05, 4.69) is 0 Å². The lowest BCUT2D eigenvalue weighted by atomic mass is 10.1. The molecule has 0 aliphatic carbocycles. The molecule has 0 atom stereocenters. The van der Waals surface area contributed by atoms with Crippen molar-refractivity contribution in [2.24, 2.45) is 0 Å². The van der Waals surface area contributed by atoms with Crippen LogP contribution in [-0.4, -0.2) is 58.9 Å². The lowest BCUT2D eigenvalue weighted by Gasteiger charge is -2.35. The number of carboxylic acids is 1. The molecule has 1 aliphatic heterocycles. The topological polar surface area (TPSA) is 77.9 Å². The smallest absolute Gasteiger partial charge is 0.303 e. The Labute approximate surface area is 146 Å². The monoisotopic (exact) mass is 350 g/mol. The van der Waals surface area contributed by atoms with Gasteiger partial charge in [-0.1, -0.05) is 6.07 Å². The summed E-state index contributed by atoms with van der Waals surface area (Å²) >= 11 is 0. The van der Waals surface area contributed by atoms with Crippen LogP contribution in [0.1, 0.15) is 41.6 Å². The fourth-order valence-corrected chi connectivity index (χ4v) is 2.78. The van der Waals surface area contributed by atoms with Gasteiger partial charge in [-0.3, -0.25) is 14.4 Å². The van der Waals surface area contributed by atoms with Crippen molar-refractivity contribution < 1.29 is 23.9 Å². The summed E-state index contributed by atoms with van der Waals surface area (Å²) in [6.45, 7) is 3.35. The van der Waals surface area contributed by atoms with E-state index in [-0.39, 0.29) is 18.2 Å². The number of amides is 2. The van der Waals surface area contributed by atoms with Gasteiger partial charge in [-0.25, -0.2) is 4.39 Å². The van der Waals surface area contributed by atoms with Crippen molar-refractivity contribution in [2.75, 3.05) is 26.2 Å². The molecule has 7 heteroatoms. The minimum Gasteiger partial charge on any atom is -0.481 e. The lowest BCUT2D eigenvalue weighted by molar-refractivity contribution is -0.137. The van der Waals surface area contributed by atoms with Crippen molar-refractivity contribution in [3.8, 4) is 0 Å². The van der Waals surface area contributed by atoms with Gasteiger partial charge in [0.05, 0.1) is 0 Å². The second-order valence-electron chi connectivity index (χ2n) is 6.24. The molecule has 25 heavy (non-hydrogen) atoms. The average Bonchev–Trinajstić information content (AvgIpc) is 2.60. The van der Waals surface area contributed by atoms with Gasteiger partial charge in [-0.15, -0.1) is 0 Å². The van der Waals surface area contributed by atoms with E-state index in [9.17, 15) is 18.8 Å². The Kier molecular flexibility index (Phi) is 6.50. The van der Waals surface area contributed by atoms with Crippen molar-refractivity contribution >= 4 is 17.8 Å². The second kappa shape index (κ2) is 8.60. The highest BCUT2D eigenvalue weighted by atomic mass is 19.1. The van der Waals surface area contributed by atoms with Crippen LogP contribution in [0.25, 0.3) is 0 Å². The molecule has 0 bridgehead atoms. The van der Waals surface area contributed by atoms with Crippen molar-refractivity contribution in [1.29, 1.82) is 0 Å². The zero-order chi connectivity index (χ0) is 18.4. The number of rotatable bonds is 6. The maximum atomic E-state index is 13.6. The van der Waals surface area contributed by atoms with Crippen LogP contribution in [0.5, 0.6) is 0 Å². The molecule has 6 nitrogen and oxygen atoms in total. The molecule has 0 unspecified atom stereocenters. The predicted molar refractivity (Wildman–Crippen MR) is 89.7 cm³/mol. The number of carbonyl (C=O) groups excluding carboxylic acids is 2. The molecule has 2 amide bonds. The number of hydrogen-bond acceptors (Lipinski definition) is 3. The fraction of sp³-hybridized carbons (Fsp3) is 0.500. The van der Waals surface area contributed by atoms with Gasteiger partial charge in [0.25, 0.3) is 5.91 Å². The van der Waals surface area contributed by atoms with Crippen LogP contribution in [0.3, 0.4) is 0 Å². The molecule has 136 valence electrons. The van der Waals surface area contributed by atoms with Crippen LogP contribution >= 0.6 is 0 Å². The van der Waals surface area contributed by atoms with Crippen LogP contribution in [0, 0.1) is 12.7 Å². The number of carbonyl (C=O) groups is 3. The van der Waals surface area contributed by atoms with E-state index in [1.54, 1.807) is 28.9 Å². The number of halogens is 1. The van der Waals surface area contributed by atoms with Gasteiger partial charge in [0.15, 0.2) is 0 Å². The molecule has 0 aromatic heterocycles. The largest absolute Gasteiger partial charge is 0.481 e. The van der Waals surface area contributed by atoms with Gasteiger partial charge < -0.3 is 14.9 Å². The van der Waals surface area contributed by atoms with Gasteiger partial charge >= 0.3 is 5.97 Å². The first-order chi connectivity index (χ1) is 11.9. The average molecular weight is 350 g/mol. The summed E-state index contributed by atoms with van der Waals surface area (Å²) < 4.78 is 13.6. The second-order valence-corrected chi connectivity index (χ2v) is 6.24. The normalized spacial score (nSPS) is 14.5. The summed E-state index contributed by atoms with van der Waals surface area (Å²) in [4.78, 5) is 38.3. The molecule has 1 heterocycles. The number of hydrogen-bond donors (Lipinski definition) is 1. The van der Waals surface area contributed by atoms with E-state index in [0.717, 1.165) is 0 Å². The third-order valence-corrected chi connectivity index (χ3v) is 4.37. The quantitative estimate of drug-likeness (QED) is 0.797. The van der Waals surface area contributed by atoms with E-state index in [0.29, 0.717) is 56.6 Å². The van der Waals surface area contributed by atoms with Gasteiger partial charge in [0, 0.05) is 44.6 Å². The molecule has 1 N–H and O–H groups in total. The van der Waals surface area contributed by atoms with E-state index in [1.807, 2.05) is 0 Å². The Hall–Kier alpha value is -2.44. The number of unbranched alkanes of at least 4 members (excludes halogenated alkanes) is 1. The van der Waals surface area contributed by atoms with Gasteiger partial charge in [0.2, 0.25) is 5.91 Å². The maximum absolute atomic E-state index is 13.6. The van der Waals surface area contributed by atoms with Crippen molar-refractivity contribution in [3.05, 3.63) is 35.1 Å². The summed E-state index contributed by atoms with van der Waals surface area (Å²) in [6, 6.07) is 4.44. The van der Waals surface area contributed by atoms with Crippen LogP contribution in [-0.2, 0) is 9.59 Å². The third kappa shape index (κ3) is 5.27. The lowest BCUT2D eigenvalue weighted by Crippen LogP contribution is -2.50. The fourth-order valence-electron chi connectivity index (χ4n) is 2.78. The molecule has 1 fully saturated rings. The Morgan fingerprint density at radius 3 is 2.24 bits per heavy atom. The van der Waals surface area contributed by atoms with E-state index in [4.69, 9.17) is 5.11 Å². The Balaban J connectivity index is 1.80. The molecule has 2 rings (SSSR count). The molecular formula is C18H23FN2O4. The summed E-state index contributed by atoms with van der Waals surface area (Å²) in [5.74, 6) is -1.50. The maximum Gasteiger partial charge on any atom is 0.303 e. The Morgan fingerprint density at radius 2 is 1.64 bits per heavy atom. The number of nitrogens with zero attached hydrogens (tertiary/aromatic N) is 2. The number of benzene rings is 1. The summed E-state index contributed by atoms with van der Waals surface area (Å²) in [5, 5.41) is 8.58. The van der Waals surface area contributed by atoms with Crippen molar-refractivity contribution in [2.45, 2.75) is 32.6 Å². The minimum absolute atomic E-state index is 0.0149. The molecular weight excluding hydrogens is 327 g/mol. The van der Waals surface area contributed by atoms with Crippen LogP contribution in [0.4, 0.5) is 4.39 Å². The summed E-state index contributed by atoms with van der Waals surface area (Å²) in [6.07, 6.45) is 1.43. The van der Waals surface area contributed by atoms with Gasteiger partial charge in [-0.05, 0) is 37.5 Å². The molecule has 0 saturated carbocycles. The Morgan fingerprint density at radius 1 is 1.04 bits per heavy atom.